The highest BCUT2D eigenvalue weighted by atomic mass is 19.4. The molecule has 0 amide bonds. The van der Waals surface area contributed by atoms with Crippen molar-refractivity contribution in [3.8, 4) is 0 Å². The van der Waals surface area contributed by atoms with E-state index in [0.717, 1.165) is 6.42 Å². The number of esters is 1. The third-order valence-corrected chi connectivity index (χ3v) is 5.11. The average molecular weight is 494 g/mol. The number of ketones is 2. The second-order valence-electron chi connectivity index (χ2n) is 7.55. The number of ether oxygens (including phenoxy) is 1. The van der Waals surface area contributed by atoms with Gasteiger partial charge in [0, 0.05) is 28.9 Å². The highest BCUT2D eigenvalue weighted by Crippen LogP contribution is 2.31. The number of nitrogens with one attached hydrogen (secondary N) is 2. The van der Waals surface area contributed by atoms with Gasteiger partial charge in [0.2, 0.25) is 0 Å². The van der Waals surface area contributed by atoms with Crippen LogP contribution in [0, 0.1) is 0 Å². The fourth-order valence-electron chi connectivity index (χ4n) is 3.16. The topological polar surface area (TPSA) is 122 Å². The van der Waals surface area contributed by atoms with Crippen LogP contribution < -0.4 is 10.6 Å². The quantitative estimate of drug-likeness (QED) is 0.322. The number of carboxylic acids is 1. The van der Waals surface area contributed by atoms with E-state index in [2.05, 4.69) is 10.6 Å². The first-order chi connectivity index (χ1) is 16.5. The van der Waals surface area contributed by atoms with Gasteiger partial charge in [-0.2, -0.15) is 13.2 Å². The zero-order valence-electron chi connectivity index (χ0n) is 19.1. The number of alkyl halides is 3. The molecule has 8 nitrogen and oxygen atoms in total. The van der Waals surface area contributed by atoms with Gasteiger partial charge in [-0.05, 0) is 32.9 Å². The highest BCUT2D eigenvalue weighted by Gasteiger charge is 2.38. The van der Waals surface area contributed by atoms with E-state index in [1.54, 1.807) is 50.4 Å². The molecule has 0 heterocycles. The molecule has 2 aromatic rings. The number of unbranched alkanes of at least 4 members (excludes halogenated alkanes) is 1. The molecule has 188 valence electrons. The number of hydrogen-bond donors (Lipinski definition) is 3. The van der Waals surface area contributed by atoms with Crippen molar-refractivity contribution in [3.63, 3.8) is 0 Å². The largest absolute Gasteiger partial charge is 0.490 e. The van der Waals surface area contributed by atoms with Crippen molar-refractivity contribution in [1.82, 2.24) is 5.32 Å². The van der Waals surface area contributed by atoms with E-state index < -0.39 is 12.1 Å². The zero-order valence-corrected chi connectivity index (χ0v) is 19.1. The fourth-order valence-corrected chi connectivity index (χ4v) is 3.16. The molecular formula is C24H25F3N2O6. The Morgan fingerprint density at radius 1 is 0.971 bits per heavy atom. The molecular weight excluding hydrogens is 469 g/mol. The summed E-state index contributed by atoms with van der Waals surface area (Å²) in [6.07, 6.45) is -3.61. The smallest absolute Gasteiger partial charge is 0.475 e. The maximum Gasteiger partial charge on any atom is 0.490 e. The first-order valence-electron chi connectivity index (χ1n) is 10.7. The van der Waals surface area contributed by atoms with Crippen LogP contribution in [0.2, 0.25) is 0 Å². The Morgan fingerprint density at radius 3 is 2.11 bits per heavy atom. The maximum atomic E-state index is 12.9. The van der Waals surface area contributed by atoms with Crippen LogP contribution in [0.25, 0.3) is 0 Å². The molecule has 1 atom stereocenters. The molecule has 0 saturated carbocycles. The summed E-state index contributed by atoms with van der Waals surface area (Å²) in [4.78, 5) is 46.1. The maximum absolute atomic E-state index is 12.9. The third kappa shape index (κ3) is 7.12. The zero-order chi connectivity index (χ0) is 26.2. The Morgan fingerprint density at radius 2 is 1.54 bits per heavy atom. The Labute approximate surface area is 199 Å². The lowest BCUT2D eigenvalue weighted by Gasteiger charge is -2.20. The normalized spacial score (nSPS) is 13.1. The molecule has 1 aliphatic rings. The van der Waals surface area contributed by atoms with Crippen LogP contribution in [0.15, 0.2) is 42.5 Å². The lowest BCUT2D eigenvalue weighted by Crippen LogP contribution is -2.32. The van der Waals surface area contributed by atoms with Crippen molar-refractivity contribution in [1.29, 1.82) is 0 Å². The molecule has 0 radical (unpaired) electrons. The van der Waals surface area contributed by atoms with Crippen LogP contribution in [0.1, 0.15) is 51.6 Å². The van der Waals surface area contributed by atoms with Gasteiger partial charge in [0.15, 0.2) is 11.6 Å². The number of halogens is 3. The number of benzene rings is 2. The molecule has 11 heteroatoms. The van der Waals surface area contributed by atoms with Crippen LogP contribution >= 0.6 is 0 Å². The predicted molar refractivity (Wildman–Crippen MR) is 121 cm³/mol. The lowest BCUT2D eigenvalue weighted by molar-refractivity contribution is -0.192. The average Bonchev–Trinajstić information content (AvgIpc) is 2.83. The summed E-state index contributed by atoms with van der Waals surface area (Å²) in [6.45, 7) is 2.71. The molecule has 2 aromatic carbocycles. The van der Waals surface area contributed by atoms with Gasteiger partial charge in [-0.3, -0.25) is 14.4 Å². The van der Waals surface area contributed by atoms with E-state index in [4.69, 9.17) is 14.6 Å². The van der Waals surface area contributed by atoms with Gasteiger partial charge in [0.05, 0.1) is 12.2 Å². The van der Waals surface area contributed by atoms with Gasteiger partial charge in [0.25, 0.3) is 0 Å². The summed E-state index contributed by atoms with van der Waals surface area (Å²) in [5.74, 6) is -3.29. The van der Waals surface area contributed by atoms with Crippen molar-refractivity contribution in [2.75, 3.05) is 25.5 Å². The van der Waals surface area contributed by atoms with E-state index in [9.17, 15) is 27.6 Å². The van der Waals surface area contributed by atoms with Gasteiger partial charge >= 0.3 is 18.1 Å². The Bertz CT molecular complexity index is 1100. The van der Waals surface area contributed by atoms with E-state index in [1.807, 2.05) is 6.07 Å². The minimum absolute atomic E-state index is 0.126. The highest BCUT2D eigenvalue weighted by molar-refractivity contribution is 6.30. The molecule has 3 rings (SSSR count). The van der Waals surface area contributed by atoms with Gasteiger partial charge in [-0.15, -0.1) is 0 Å². The number of carboxylic acid groups (broad SMARTS) is 1. The van der Waals surface area contributed by atoms with E-state index in [-0.39, 0.29) is 23.6 Å². The van der Waals surface area contributed by atoms with Crippen molar-refractivity contribution in [2.24, 2.45) is 0 Å². The SMILES string of the molecule is CNC(C)C(=O)OCCCCNc1cccc2c1C(=O)c1ccccc1C2=O.O=C(O)C(F)(F)F. The van der Waals surface area contributed by atoms with Gasteiger partial charge in [-0.25, -0.2) is 4.79 Å². The molecule has 0 aliphatic heterocycles. The first-order valence-corrected chi connectivity index (χ1v) is 10.7. The molecule has 3 N–H and O–H groups in total. The third-order valence-electron chi connectivity index (χ3n) is 5.11. The second-order valence-corrected chi connectivity index (χ2v) is 7.55. The number of anilines is 1. The molecule has 0 saturated heterocycles. The van der Waals surface area contributed by atoms with Crippen LogP contribution in [-0.2, 0) is 14.3 Å². The van der Waals surface area contributed by atoms with Crippen molar-refractivity contribution in [3.05, 3.63) is 64.7 Å². The molecule has 35 heavy (non-hydrogen) atoms. The van der Waals surface area contributed by atoms with Crippen LogP contribution in [0.5, 0.6) is 0 Å². The molecule has 1 aliphatic carbocycles. The minimum atomic E-state index is -5.08. The van der Waals surface area contributed by atoms with Crippen LogP contribution in [0.3, 0.4) is 0 Å². The van der Waals surface area contributed by atoms with Crippen LogP contribution in [-0.4, -0.2) is 61.0 Å². The first kappa shape index (κ1) is 27.5. The summed E-state index contributed by atoms with van der Waals surface area (Å²) < 4.78 is 36.9. The Balaban J connectivity index is 0.000000540. The number of rotatable bonds is 8. The van der Waals surface area contributed by atoms with Crippen molar-refractivity contribution >= 4 is 29.2 Å². The summed E-state index contributed by atoms with van der Waals surface area (Å²) in [7, 11) is 1.71. The van der Waals surface area contributed by atoms with Crippen molar-refractivity contribution in [2.45, 2.75) is 32.0 Å². The molecule has 0 aromatic heterocycles. The Kier molecular flexibility index (Phi) is 9.52. The number of likely N-dealkylation sites (N-methyl/N-ethyl adjacent to an activating group) is 1. The summed E-state index contributed by atoms with van der Waals surface area (Å²) >= 11 is 0. The van der Waals surface area contributed by atoms with E-state index in [1.165, 1.54) is 0 Å². The van der Waals surface area contributed by atoms with Crippen LogP contribution in [0.4, 0.5) is 18.9 Å². The number of aliphatic carboxylic acids is 1. The fraction of sp³-hybridized carbons (Fsp3) is 0.333. The predicted octanol–water partition coefficient (Wildman–Crippen LogP) is 3.44. The molecule has 0 fully saturated rings. The van der Waals surface area contributed by atoms with Gasteiger partial charge < -0.3 is 20.5 Å². The van der Waals surface area contributed by atoms with E-state index in [0.29, 0.717) is 47.5 Å². The summed E-state index contributed by atoms with van der Waals surface area (Å²) in [5, 5.41) is 13.2. The standard InChI is InChI=1S/C22H24N2O4.C2HF3O2/c1-14(23-2)22(27)28-13-6-5-12-24-18-11-7-10-17-19(18)21(26)16-9-4-3-8-15(16)20(17)25;3-2(4,5)1(6)7/h3-4,7-11,14,23-24H,5-6,12-13H2,1-2H3;(H,6,7). The van der Waals surface area contributed by atoms with Gasteiger partial charge in [0.1, 0.15) is 6.04 Å². The second kappa shape index (κ2) is 12.1. The number of carbonyl (C=O) groups excluding carboxylic acids is 3. The summed E-state index contributed by atoms with van der Waals surface area (Å²) in [6, 6.07) is 11.9. The lowest BCUT2D eigenvalue weighted by atomic mass is 9.83. The summed E-state index contributed by atoms with van der Waals surface area (Å²) in [5.41, 5.74) is 2.42. The number of fused-ring (bicyclic) bond motifs is 2. The van der Waals surface area contributed by atoms with Gasteiger partial charge in [-0.1, -0.05) is 36.4 Å². The molecule has 0 spiro atoms. The molecule has 0 bridgehead atoms. The number of hydrogen-bond acceptors (Lipinski definition) is 7. The molecule has 1 unspecified atom stereocenters. The monoisotopic (exact) mass is 494 g/mol. The van der Waals surface area contributed by atoms with Crippen molar-refractivity contribution < 1.29 is 42.2 Å². The minimum Gasteiger partial charge on any atom is -0.475 e. The Hall–Kier alpha value is -3.73. The number of carbonyl (C=O) groups is 4. The van der Waals surface area contributed by atoms with E-state index >= 15 is 0 Å².